The topological polar surface area (TPSA) is 39.3 Å². The molecular weight excluding hydrogens is 721 g/mol. The number of rotatable bonds is 4. The van der Waals surface area contributed by atoms with Gasteiger partial charge in [0.2, 0.25) is 12.7 Å². The third-order valence-electron chi connectivity index (χ3n) is 1.89. The van der Waals surface area contributed by atoms with Crippen molar-refractivity contribution in [2.45, 2.75) is 13.1 Å². The Morgan fingerprint density at radius 1 is 0.810 bits per heavy atom. The summed E-state index contributed by atoms with van der Waals surface area (Å²) < 4.78 is 4.16. The van der Waals surface area contributed by atoms with Gasteiger partial charge in [-0.05, 0) is 0 Å². The van der Waals surface area contributed by atoms with Gasteiger partial charge in [0.05, 0.1) is 13.1 Å². The van der Waals surface area contributed by atoms with Gasteiger partial charge in [-0.25, -0.2) is 9.13 Å². The summed E-state index contributed by atoms with van der Waals surface area (Å²) >= 11 is 12.9. The van der Waals surface area contributed by atoms with Crippen LogP contribution in [0, 0.1) is 0 Å². The first-order valence-corrected chi connectivity index (χ1v) is 21.7. The van der Waals surface area contributed by atoms with E-state index >= 15 is 0 Å². The van der Waals surface area contributed by atoms with Crippen LogP contribution in [-0.2, 0) is 26.3 Å². The molecule has 2 N–H and O–H groups in total. The second-order valence-corrected chi connectivity index (χ2v) is 18.8. The summed E-state index contributed by atoms with van der Waals surface area (Å²) in [6, 6.07) is 0. The van der Waals surface area contributed by atoms with Gasteiger partial charge in [0, 0.05) is 10.7 Å². The van der Waals surface area contributed by atoms with Gasteiger partial charge in [0.1, 0.15) is 24.8 Å². The van der Waals surface area contributed by atoms with Gasteiger partial charge in [-0.1, -0.05) is 31.9 Å². The minimum absolute atomic E-state index is 0. The number of aromatic amines is 2. The Kier molecular flexibility index (Phi) is 29.0. The molecule has 0 amide bonds. The minimum atomic E-state index is -0.250. The zero-order valence-corrected chi connectivity index (χ0v) is 23.6. The molecule has 0 saturated carbocycles. The Bertz CT molecular complexity index is 337. The first kappa shape index (κ1) is 27.8. The Morgan fingerprint density at radius 3 is 1.33 bits per heavy atom. The Labute approximate surface area is 184 Å². The second kappa shape index (κ2) is 21.9. The molecule has 2 heterocycles. The average molecular weight is 737 g/mol. The molecule has 0 radical (unpaired) electrons. The molecule has 0 fully saturated rings. The van der Waals surface area contributed by atoms with Crippen molar-refractivity contribution in [1.82, 2.24) is 9.97 Å². The first-order chi connectivity index (χ1) is 9.28. The fourth-order valence-corrected chi connectivity index (χ4v) is 1.93. The standard InChI is InChI=1S/2C5H7BrN2.4BrH.Zn/c2*6-1-3-8-4-2-7-5-8;;;;;/h2*2,4-5H,1,3H2;4*1H;/q;;;;;;+2/p-2. The van der Waals surface area contributed by atoms with Gasteiger partial charge in [-0.3, -0.25) is 9.97 Å². The van der Waals surface area contributed by atoms with E-state index in [1.807, 2.05) is 37.4 Å². The van der Waals surface area contributed by atoms with E-state index in [0.717, 1.165) is 23.7 Å². The van der Waals surface area contributed by atoms with E-state index in [2.05, 4.69) is 78.2 Å². The Morgan fingerprint density at radius 2 is 1.14 bits per heavy atom. The second-order valence-electron chi connectivity index (χ2n) is 3.18. The Balaban J connectivity index is -0.000000242. The van der Waals surface area contributed by atoms with E-state index in [1.54, 1.807) is 0 Å². The van der Waals surface area contributed by atoms with Crippen LogP contribution in [0.2, 0.25) is 0 Å². The first-order valence-electron chi connectivity index (χ1n) is 5.56. The van der Waals surface area contributed by atoms with Crippen LogP contribution in [0.5, 0.6) is 0 Å². The summed E-state index contributed by atoms with van der Waals surface area (Å²) in [4.78, 5) is 5.91. The van der Waals surface area contributed by atoms with Crippen molar-refractivity contribution in [3.63, 3.8) is 0 Å². The molecule has 0 saturated heterocycles. The van der Waals surface area contributed by atoms with E-state index in [1.165, 1.54) is 0 Å². The predicted molar refractivity (Wildman–Crippen MR) is 87.4 cm³/mol. The maximum atomic E-state index is 3.34. The quantitative estimate of drug-likeness (QED) is 0.192. The summed E-state index contributed by atoms with van der Waals surface area (Å²) in [5, 5.41) is 2.02. The van der Waals surface area contributed by atoms with Crippen LogP contribution in [0.4, 0.5) is 0 Å². The van der Waals surface area contributed by atoms with E-state index in [-0.39, 0.29) is 47.2 Å². The molecule has 0 atom stereocenters. The monoisotopic (exact) mass is 730 g/mol. The van der Waals surface area contributed by atoms with Gasteiger partial charge in [0.25, 0.3) is 0 Å². The Hall–Kier alpha value is 1.92. The van der Waals surface area contributed by atoms with Crippen molar-refractivity contribution in [3.05, 3.63) is 37.4 Å². The van der Waals surface area contributed by atoms with E-state index in [9.17, 15) is 0 Å². The fourth-order valence-electron chi connectivity index (χ4n) is 1.11. The van der Waals surface area contributed by atoms with Crippen molar-refractivity contribution >= 4 is 59.1 Å². The van der Waals surface area contributed by atoms with Crippen molar-refractivity contribution in [1.29, 1.82) is 0 Å². The number of halogens is 6. The zero-order chi connectivity index (χ0) is 14.3. The van der Waals surface area contributed by atoms with Gasteiger partial charge in [-0.15, -0.1) is 0 Å². The number of nitrogens with one attached hydrogen (secondary N) is 2. The molecule has 0 aliphatic heterocycles. The van der Waals surface area contributed by atoms with Crippen LogP contribution >= 0.6 is 59.1 Å². The van der Waals surface area contributed by atoms with Crippen molar-refractivity contribution in [2.24, 2.45) is 0 Å². The summed E-state index contributed by atoms with van der Waals surface area (Å²) in [6.07, 6.45) is 11.7. The normalized spacial score (nSPS) is 7.81. The van der Waals surface area contributed by atoms with Gasteiger partial charge < -0.3 is 34.0 Å². The van der Waals surface area contributed by atoms with E-state index in [0.29, 0.717) is 0 Å². The molecule has 0 bridgehead atoms. The summed E-state index contributed by atoms with van der Waals surface area (Å²) in [7, 11) is 0. The van der Waals surface area contributed by atoms with Crippen LogP contribution in [0.25, 0.3) is 0 Å². The van der Waals surface area contributed by atoms with Crippen LogP contribution < -0.4 is 43.1 Å². The van der Waals surface area contributed by atoms with Crippen molar-refractivity contribution in [2.75, 3.05) is 10.7 Å². The molecule has 0 aliphatic carbocycles. The van der Waals surface area contributed by atoms with E-state index in [4.69, 9.17) is 0 Å². The molecule has 4 nitrogen and oxygen atoms in total. The van der Waals surface area contributed by atoms with Crippen LogP contribution in [0.15, 0.2) is 37.4 Å². The molecule has 0 aromatic carbocycles. The van der Waals surface area contributed by atoms with E-state index < -0.39 is 0 Å². The molecule has 2 aromatic heterocycles. The number of nitrogens with zero attached hydrogens (tertiary/aromatic N) is 2. The zero-order valence-electron chi connectivity index (χ0n) is 11.2. The van der Waals surface area contributed by atoms with Gasteiger partial charge >= 0.3 is 40.5 Å². The van der Waals surface area contributed by atoms with Crippen LogP contribution in [0.3, 0.4) is 0 Å². The SMILES string of the molecule is BrCC[n+]1cc[nH]c1.BrCC[n+]1cc[nH]c1.[Br-].[Br-].[Br][Zn][Br]. The predicted octanol–water partition coefficient (Wildman–Crippen LogP) is -2.91. The van der Waals surface area contributed by atoms with Gasteiger partial charge in [0.15, 0.2) is 0 Å². The number of H-pyrrole nitrogens is 2. The van der Waals surface area contributed by atoms with Gasteiger partial charge in [-0.2, -0.15) is 0 Å². The number of hydrogen-bond donors (Lipinski definition) is 2. The van der Waals surface area contributed by atoms with Crippen molar-refractivity contribution < 1.29 is 56.3 Å². The van der Waals surface area contributed by atoms with Crippen molar-refractivity contribution in [3.8, 4) is 0 Å². The number of aromatic nitrogens is 4. The molecule has 2 rings (SSSR count). The summed E-state index contributed by atoms with van der Waals surface area (Å²) in [5.74, 6) is 0. The molecule has 120 valence electrons. The molecule has 21 heavy (non-hydrogen) atoms. The molecule has 0 unspecified atom stereocenters. The molecule has 0 spiro atoms. The third-order valence-corrected chi connectivity index (χ3v) is 2.60. The van der Waals surface area contributed by atoms with Crippen LogP contribution in [-0.4, -0.2) is 20.6 Å². The molecule has 2 aromatic rings. The molecule has 0 aliphatic rings. The summed E-state index contributed by atoms with van der Waals surface area (Å²) in [5.41, 5.74) is 0. The molecule has 11 heteroatoms. The number of imidazole rings is 2. The maximum absolute atomic E-state index is 3.34. The fraction of sp³-hybridized carbons (Fsp3) is 0.400. The summed E-state index contributed by atoms with van der Waals surface area (Å²) in [6.45, 7) is 2.06. The number of aryl methyl sites for hydroxylation is 2. The average Bonchev–Trinajstić information content (AvgIpc) is 3.05. The number of alkyl halides is 2. The third kappa shape index (κ3) is 18.1. The molecular formula is C10H16Br6N4Zn. The number of hydrogen-bond acceptors (Lipinski definition) is 0. The van der Waals surface area contributed by atoms with Crippen LogP contribution in [0.1, 0.15) is 0 Å².